The molecule has 22 heavy (non-hydrogen) atoms. The van der Waals surface area contributed by atoms with Gasteiger partial charge in [0.05, 0.1) is 0 Å². The largest absolute Gasteiger partial charge is 0.304 e. The number of hydrogen-bond donors (Lipinski definition) is 0. The fourth-order valence-electron chi connectivity index (χ4n) is 3.40. The summed E-state index contributed by atoms with van der Waals surface area (Å²) in [5.41, 5.74) is 1.92. The molecular weight excluding hydrogens is 276 g/mol. The highest BCUT2D eigenvalue weighted by Gasteiger charge is 2.55. The molecule has 1 saturated heterocycles. The lowest BCUT2D eigenvalue weighted by Crippen LogP contribution is -2.37. The topological polar surface area (TPSA) is 27.7 Å². The van der Waals surface area contributed by atoms with Crippen molar-refractivity contribution in [3.63, 3.8) is 0 Å². The Hall–Kier alpha value is -1.68. The zero-order valence-electron chi connectivity index (χ0n) is 12.5. The fraction of sp³-hybridized carbons (Fsp3) is 0.368. The molecular formula is C19H20O3. The van der Waals surface area contributed by atoms with E-state index in [0.717, 1.165) is 36.8 Å². The van der Waals surface area contributed by atoms with Crippen LogP contribution in [0.2, 0.25) is 0 Å². The molecule has 1 spiro atoms. The van der Waals surface area contributed by atoms with Crippen LogP contribution in [0.1, 0.15) is 43.2 Å². The summed E-state index contributed by atoms with van der Waals surface area (Å²) in [5, 5.41) is 0. The van der Waals surface area contributed by atoms with Gasteiger partial charge in [-0.2, -0.15) is 9.78 Å². The van der Waals surface area contributed by atoms with E-state index in [1.54, 1.807) is 0 Å². The average Bonchev–Trinajstić information content (AvgIpc) is 2.97. The molecule has 0 atom stereocenters. The number of hydrogen-bond acceptors (Lipinski definition) is 3. The zero-order chi connectivity index (χ0) is 14.9. The first-order chi connectivity index (χ1) is 10.8. The smallest absolute Gasteiger partial charge is 0.256 e. The standard InChI is InChI=1S/C19H20O3/c1-4-10-16(11-5-1)19(17-12-6-2-7-13-17)20-18(21-22-19)14-8-3-9-15-18/h1-2,4-7,10-13H,3,8-9,14-15H2. The molecule has 0 N–H and O–H groups in total. The first kappa shape index (κ1) is 13.9. The number of benzene rings is 2. The summed E-state index contributed by atoms with van der Waals surface area (Å²) >= 11 is 0. The van der Waals surface area contributed by atoms with E-state index in [1.807, 2.05) is 60.7 Å². The van der Waals surface area contributed by atoms with Crippen molar-refractivity contribution in [3.8, 4) is 0 Å². The van der Waals surface area contributed by atoms with E-state index in [1.165, 1.54) is 6.42 Å². The molecule has 114 valence electrons. The summed E-state index contributed by atoms with van der Waals surface area (Å²) in [6.07, 6.45) is 5.23. The molecule has 0 bridgehead atoms. The minimum Gasteiger partial charge on any atom is -0.304 e. The van der Waals surface area contributed by atoms with Crippen LogP contribution in [0.5, 0.6) is 0 Å². The Labute approximate surface area is 130 Å². The second kappa shape index (κ2) is 5.51. The van der Waals surface area contributed by atoms with Crippen molar-refractivity contribution >= 4 is 0 Å². The van der Waals surface area contributed by atoms with Gasteiger partial charge in [0, 0.05) is 24.0 Å². The van der Waals surface area contributed by atoms with Gasteiger partial charge in [0.25, 0.3) is 5.79 Å². The van der Waals surface area contributed by atoms with Crippen LogP contribution in [0, 0.1) is 0 Å². The Morgan fingerprint density at radius 1 is 0.636 bits per heavy atom. The third-order valence-electron chi connectivity index (χ3n) is 4.56. The number of rotatable bonds is 2. The van der Waals surface area contributed by atoms with Gasteiger partial charge >= 0.3 is 0 Å². The van der Waals surface area contributed by atoms with E-state index in [9.17, 15) is 0 Å². The Morgan fingerprint density at radius 2 is 1.18 bits per heavy atom. The van der Waals surface area contributed by atoms with Gasteiger partial charge in [-0.1, -0.05) is 67.1 Å². The Kier molecular flexibility index (Phi) is 3.49. The minimum absolute atomic E-state index is 0.607. The molecule has 3 nitrogen and oxygen atoms in total. The van der Waals surface area contributed by atoms with Crippen LogP contribution in [-0.2, 0) is 20.3 Å². The van der Waals surface area contributed by atoms with Crippen molar-refractivity contribution in [2.24, 2.45) is 0 Å². The summed E-state index contributed by atoms with van der Waals surface area (Å²) in [7, 11) is 0. The van der Waals surface area contributed by atoms with Gasteiger partial charge < -0.3 is 4.74 Å². The van der Waals surface area contributed by atoms with Gasteiger partial charge in [-0.15, -0.1) is 0 Å². The quantitative estimate of drug-likeness (QED) is 0.762. The average molecular weight is 296 g/mol. The summed E-state index contributed by atoms with van der Waals surface area (Å²) in [4.78, 5) is 11.7. The minimum atomic E-state index is -0.972. The highest BCUT2D eigenvalue weighted by Crippen LogP contribution is 2.49. The normalized spacial score (nSPS) is 22.7. The Balaban J connectivity index is 1.78. The van der Waals surface area contributed by atoms with E-state index in [4.69, 9.17) is 14.5 Å². The summed E-state index contributed by atoms with van der Waals surface area (Å²) < 4.78 is 6.51. The Morgan fingerprint density at radius 3 is 1.73 bits per heavy atom. The third kappa shape index (κ3) is 2.26. The maximum Gasteiger partial charge on any atom is 0.256 e. The first-order valence-electron chi connectivity index (χ1n) is 8.01. The molecule has 2 aromatic carbocycles. The molecule has 2 fully saturated rings. The summed E-state index contributed by atoms with van der Waals surface area (Å²) in [6, 6.07) is 20.1. The highest BCUT2D eigenvalue weighted by atomic mass is 17.3. The predicted octanol–water partition coefficient (Wildman–Crippen LogP) is 4.53. The van der Waals surface area contributed by atoms with Crippen molar-refractivity contribution in [1.82, 2.24) is 0 Å². The first-order valence-corrected chi connectivity index (χ1v) is 8.01. The van der Waals surface area contributed by atoms with Gasteiger partial charge in [0.2, 0.25) is 5.79 Å². The maximum atomic E-state index is 6.51. The highest BCUT2D eigenvalue weighted by molar-refractivity contribution is 5.34. The van der Waals surface area contributed by atoms with Crippen molar-refractivity contribution in [2.75, 3.05) is 0 Å². The van der Waals surface area contributed by atoms with Crippen molar-refractivity contribution in [1.29, 1.82) is 0 Å². The van der Waals surface area contributed by atoms with Crippen LogP contribution in [-0.4, -0.2) is 5.79 Å². The van der Waals surface area contributed by atoms with Gasteiger partial charge in [0.1, 0.15) is 0 Å². The van der Waals surface area contributed by atoms with E-state index in [2.05, 4.69) is 0 Å². The van der Waals surface area contributed by atoms with Gasteiger partial charge in [-0.25, -0.2) is 0 Å². The fourth-order valence-corrected chi connectivity index (χ4v) is 3.40. The molecule has 1 heterocycles. The molecule has 4 rings (SSSR count). The van der Waals surface area contributed by atoms with Crippen molar-refractivity contribution < 1.29 is 14.5 Å². The molecule has 0 amide bonds. The van der Waals surface area contributed by atoms with Gasteiger partial charge in [-0.3, -0.25) is 0 Å². The van der Waals surface area contributed by atoms with Crippen molar-refractivity contribution in [2.45, 2.75) is 43.7 Å². The lowest BCUT2D eigenvalue weighted by Gasteiger charge is -2.32. The second-order valence-electron chi connectivity index (χ2n) is 6.09. The van der Waals surface area contributed by atoms with Crippen LogP contribution in [0.3, 0.4) is 0 Å². The molecule has 2 aromatic rings. The van der Waals surface area contributed by atoms with Crippen LogP contribution in [0.15, 0.2) is 60.7 Å². The molecule has 0 aromatic heterocycles. The molecule has 1 aliphatic carbocycles. The third-order valence-corrected chi connectivity index (χ3v) is 4.56. The van der Waals surface area contributed by atoms with Crippen LogP contribution in [0.25, 0.3) is 0 Å². The zero-order valence-corrected chi connectivity index (χ0v) is 12.5. The van der Waals surface area contributed by atoms with Crippen LogP contribution < -0.4 is 0 Å². The maximum absolute atomic E-state index is 6.51. The molecule has 3 heteroatoms. The second-order valence-corrected chi connectivity index (χ2v) is 6.09. The predicted molar refractivity (Wildman–Crippen MR) is 82.7 cm³/mol. The lowest BCUT2D eigenvalue weighted by molar-refractivity contribution is -0.350. The molecule has 2 aliphatic rings. The van der Waals surface area contributed by atoms with Crippen LogP contribution in [0.4, 0.5) is 0 Å². The molecule has 1 aliphatic heterocycles. The van der Waals surface area contributed by atoms with E-state index >= 15 is 0 Å². The van der Waals surface area contributed by atoms with E-state index in [0.29, 0.717) is 0 Å². The lowest BCUT2D eigenvalue weighted by atomic mass is 9.92. The van der Waals surface area contributed by atoms with Gasteiger partial charge in [0.15, 0.2) is 0 Å². The molecule has 0 radical (unpaired) electrons. The summed E-state index contributed by atoms with van der Waals surface area (Å²) in [5.74, 6) is -1.58. The van der Waals surface area contributed by atoms with E-state index in [-0.39, 0.29) is 0 Å². The molecule has 1 saturated carbocycles. The van der Waals surface area contributed by atoms with Gasteiger partial charge in [-0.05, 0) is 12.8 Å². The number of ether oxygens (including phenoxy) is 1. The summed E-state index contributed by atoms with van der Waals surface area (Å²) in [6.45, 7) is 0. The molecule has 0 unspecified atom stereocenters. The van der Waals surface area contributed by atoms with Crippen molar-refractivity contribution in [3.05, 3.63) is 71.8 Å². The van der Waals surface area contributed by atoms with Crippen LogP contribution >= 0.6 is 0 Å². The monoisotopic (exact) mass is 296 g/mol. The SMILES string of the molecule is c1ccc(C2(c3ccccc3)OOC3(CCCCC3)O2)cc1. The Bertz CT molecular complexity index is 578. The van der Waals surface area contributed by atoms with E-state index < -0.39 is 11.6 Å².